The molecule has 0 bridgehead atoms. The van der Waals surface area contributed by atoms with Gasteiger partial charge in [0.15, 0.2) is 0 Å². The van der Waals surface area contributed by atoms with Crippen molar-refractivity contribution >= 4 is 0 Å². The van der Waals surface area contributed by atoms with Crippen molar-refractivity contribution in [2.45, 2.75) is 18.4 Å². The van der Waals surface area contributed by atoms with Crippen molar-refractivity contribution < 1.29 is 5.11 Å². The van der Waals surface area contributed by atoms with Gasteiger partial charge in [-0.2, -0.15) is 0 Å². The smallest absolute Gasteiger partial charge is 0.0633 e. The normalized spacial score (nSPS) is 29.0. The molecule has 76 valence electrons. The first kappa shape index (κ1) is 9.69. The summed E-state index contributed by atoms with van der Waals surface area (Å²) in [7, 11) is 2.11. The van der Waals surface area contributed by atoms with Gasteiger partial charge in [0.25, 0.3) is 0 Å². The number of likely N-dealkylation sites (tertiary alicyclic amines) is 1. The van der Waals surface area contributed by atoms with Crippen LogP contribution in [-0.2, 0) is 0 Å². The van der Waals surface area contributed by atoms with Gasteiger partial charge in [0.05, 0.1) is 6.10 Å². The van der Waals surface area contributed by atoms with Crippen LogP contribution in [0.1, 0.15) is 17.9 Å². The largest absolute Gasteiger partial charge is 0.392 e. The maximum atomic E-state index is 9.91. The molecule has 0 radical (unpaired) electrons. The molecule has 1 heterocycles. The summed E-state index contributed by atoms with van der Waals surface area (Å²) in [5, 5.41) is 9.91. The fourth-order valence-electron chi connectivity index (χ4n) is 2.13. The van der Waals surface area contributed by atoms with Crippen molar-refractivity contribution in [3.8, 4) is 0 Å². The average Bonchev–Trinajstić information content (AvgIpc) is 2.23. The standard InChI is InChI=1S/C12H17NO/c1-13-8-7-12(14)11(9-13)10-5-3-2-4-6-10/h2-6,11-12,14H,7-9H2,1H3/t11-,12-/m1/s1. The van der Waals surface area contributed by atoms with E-state index in [1.807, 2.05) is 18.2 Å². The lowest BCUT2D eigenvalue weighted by atomic mass is 9.88. The first-order chi connectivity index (χ1) is 6.77. The summed E-state index contributed by atoms with van der Waals surface area (Å²) in [5.74, 6) is 0.287. The highest BCUT2D eigenvalue weighted by atomic mass is 16.3. The molecule has 2 nitrogen and oxygen atoms in total. The molecule has 1 aromatic carbocycles. The fraction of sp³-hybridized carbons (Fsp3) is 0.500. The summed E-state index contributed by atoms with van der Waals surface area (Å²) in [6, 6.07) is 10.3. The number of hydrogen-bond donors (Lipinski definition) is 1. The highest BCUT2D eigenvalue weighted by Crippen LogP contribution is 2.26. The molecule has 0 saturated carbocycles. The lowest BCUT2D eigenvalue weighted by Crippen LogP contribution is -2.39. The van der Waals surface area contributed by atoms with E-state index < -0.39 is 0 Å². The van der Waals surface area contributed by atoms with E-state index in [1.54, 1.807) is 0 Å². The van der Waals surface area contributed by atoms with Crippen LogP contribution in [0.5, 0.6) is 0 Å². The van der Waals surface area contributed by atoms with Crippen molar-refractivity contribution in [2.75, 3.05) is 20.1 Å². The van der Waals surface area contributed by atoms with Crippen LogP contribution >= 0.6 is 0 Å². The molecule has 2 atom stereocenters. The monoisotopic (exact) mass is 191 g/mol. The van der Waals surface area contributed by atoms with E-state index in [0.717, 1.165) is 19.5 Å². The second-order valence-corrected chi connectivity index (χ2v) is 4.14. The van der Waals surface area contributed by atoms with Crippen LogP contribution in [0.4, 0.5) is 0 Å². The van der Waals surface area contributed by atoms with Gasteiger partial charge in [0.1, 0.15) is 0 Å². The summed E-state index contributed by atoms with van der Waals surface area (Å²) >= 11 is 0. The Morgan fingerprint density at radius 1 is 1.29 bits per heavy atom. The predicted octanol–water partition coefficient (Wildman–Crippen LogP) is 1.47. The van der Waals surface area contributed by atoms with Crippen molar-refractivity contribution in [1.29, 1.82) is 0 Å². The Balaban J connectivity index is 2.16. The Hall–Kier alpha value is -0.860. The molecule has 14 heavy (non-hydrogen) atoms. The quantitative estimate of drug-likeness (QED) is 0.726. The molecule has 1 fully saturated rings. The van der Waals surface area contributed by atoms with Crippen LogP contribution < -0.4 is 0 Å². The van der Waals surface area contributed by atoms with E-state index in [2.05, 4.69) is 24.1 Å². The molecule has 1 N–H and O–H groups in total. The number of hydrogen-bond acceptors (Lipinski definition) is 2. The second kappa shape index (κ2) is 4.11. The number of benzene rings is 1. The average molecular weight is 191 g/mol. The number of nitrogens with zero attached hydrogens (tertiary/aromatic N) is 1. The molecule has 1 aromatic rings. The van der Waals surface area contributed by atoms with Gasteiger partial charge in [-0.15, -0.1) is 0 Å². The van der Waals surface area contributed by atoms with Gasteiger partial charge in [-0.1, -0.05) is 30.3 Å². The van der Waals surface area contributed by atoms with Crippen LogP contribution in [-0.4, -0.2) is 36.2 Å². The molecular formula is C12H17NO. The highest BCUT2D eigenvalue weighted by molar-refractivity contribution is 5.21. The number of rotatable bonds is 1. The third-order valence-corrected chi connectivity index (χ3v) is 3.01. The van der Waals surface area contributed by atoms with E-state index >= 15 is 0 Å². The molecule has 0 aliphatic carbocycles. The van der Waals surface area contributed by atoms with Gasteiger partial charge in [-0.05, 0) is 19.0 Å². The molecule has 1 saturated heterocycles. The molecule has 0 spiro atoms. The fourth-order valence-corrected chi connectivity index (χ4v) is 2.13. The van der Waals surface area contributed by atoms with Crippen LogP contribution in [0.15, 0.2) is 30.3 Å². The number of aliphatic hydroxyl groups excluding tert-OH is 1. The Labute approximate surface area is 85.2 Å². The molecule has 2 heteroatoms. The van der Waals surface area contributed by atoms with Crippen LogP contribution in [0, 0.1) is 0 Å². The molecule has 0 amide bonds. The molecule has 1 aliphatic rings. The van der Waals surface area contributed by atoms with E-state index in [9.17, 15) is 5.11 Å². The van der Waals surface area contributed by atoms with Crippen LogP contribution in [0.2, 0.25) is 0 Å². The lowest BCUT2D eigenvalue weighted by molar-refractivity contribution is 0.0709. The summed E-state index contributed by atoms with van der Waals surface area (Å²) in [4.78, 5) is 2.28. The Bertz CT molecular complexity index is 286. The van der Waals surface area contributed by atoms with Gasteiger partial charge >= 0.3 is 0 Å². The van der Waals surface area contributed by atoms with Gasteiger partial charge in [-0.25, -0.2) is 0 Å². The number of likely N-dealkylation sites (N-methyl/N-ethyl adjacent to an activating group) is 1. The summed E-state index contributed by atoms with van der Waals surface area (Å²) in [5.41, 5.74) is 1.26. The zero-order valence-electron chi connectivity index (χ0n) is 8.56. The first-order valence-electron chi connectivity index (χ1n) is 5.19. The Morgan fingerprint density at radius 2 is 2.00 bits per heavy atom. The maximum absolute atomic E-state index is 9.91. The number of aliphatic hydroxyl groups is 1. The predicted molar refractivity (Wildman–Crippen MR) is 57.3 cm³/mol. The van der Waals surface area contributed by atoms with Gasteiger partial charge in [-0.3, -0.25) is 0 Å². The summed E-state index contributed by atoms with van der Waals surface area (Å²) in [6.07, 6.45) is 0.712. The summed E-state index contributed by atoms with van der Waals surface area (Å²) < 4.78 is 0. The van der Waals surface area contributed by atoms with Crippen molar-refractivity contribution in [3.05, 3.63) is 35.9 Å². The second-order valence-electron chi connectivity index (χ2n) is 4.14. The minimum atomic E-state index is -0.173. The van der Waals surface area contributed by atoms with E-state index in [4.69, 9.17) is 0 Å². The third-order valence-electron chi connectivity index (χ3n) is 3.01. The van der Waals surface area contributed by atoms with E-state index in [-0.39, 0.29) is 12.0 Å². The highest BCUT2D eigenvalue weighted by Gasteiger charge is 2.26. The summed E-state index contributed by atoms with van der Waals surface area (Å²) in [6.45, 7) is 1.97. The third kappa shape index (κ3) is 1.97. The molecule has 0 unspecified atom stereocenters. The minimum absolute atomic E-state index is 0.173. The Kier molecular flexibility index (Phi) is 2.85. The topological polar surface area (TPSA) is 23.5 Å². The van der Waals surface area contributed by atoms with Crippen molar-refractivity contribution in [2.24, 2.45) is 0 Å². The van der Waals surface area contributed by atoms with E-state index in [0.29, 0.717) is 0 Å². The Morgan fingerprint density at radius 3 is 2.71 bits per heavy atom. The zero-order chi connectivity index (χ0) is 9.97. The lowest BCUT2D eigenvalue weighted by Gasteiger charge is -2.34. The number of piperidine rings is 1. The zero-order valence-corrected chi connectivity index (χ0v) is 8.56. The van der Waals surface area contributed by atoms with Crippen molar-refractivity contribution in [3.63, 3.8) is 0 Å². The minimum Gasteiger partial charge on any atom is -0.392 e. The van der Waals surface area contributed by atoms with Gasteiger partial charge < -0.3 is 10.0 Å². The SMILES string of the molecule is CN1CC[C@@H](O)[C@@H](c2ccccc2)C1. The van der Waals surface area contributed by atoms with Gasteiger partial charge in [0, 0.05) is 19.0 Å². The molecule has 2 rings (SSSR count). The van der Waals surface area contributed by atoms with Crippen LogP contribution in [0.25, 0.3) is 0 Å². The van der Waals surface area contributed by atoms with Crippen LogP contribution in [0.3, 0.4) is 0 Å². The molecule has 1 aliphatic heterocycles. The molecule has 0 aromatic heterocycles. The van der Waals surface area contributed by atoms with Crippen molar-refractivity contribution in [1.82, 2.24) is 4.90 Å². The van der Waals surface area contributed by atoms with E-state index in [1.165, 1.54) is 5.56 Å². The van der Waals surface area contributed by atoms with Gasteiger partial charge in [0.2, 0.25) is 0 Å². The first-order valence-corrected chi connectivity index (χ1v) is 5.19. The maximum Gasteiger partial charge on any atom is 0.0633 e. The molecular weight excluding hydrogens is 174 g/mol.